The van der Waals surface area contributed by atoms with Gasteiger partial charge in [0, 0.05) is 6.04 Å². The van der Waals surface area contributed by atoms with E-state index < -0.39 is 12.2 Å². The van der Waals surface area contributed by atoms with Gasteiger partial charge in [-0.25, -0.2) is 0 Å². The Kier molecular flexibility index (Phi) is 3.54. The van der Waals surface area contributed by atoms with Gasteiger partial charge in [0.05, 0.1) is 12.2 Å². The molecule has 0 saturated heterocycles. The van der Waals surface area contributed by atoms with E-state index in [1.54, 1.807) is 0 Å². The van der Waals surface area contributed by atoms with Gasteiger partial charge in [0.15, 0.2) is 0 Å². The van der Waals surface area contributed by atoms with Gasteiger partial charge >= 0.3 is 0 Å². The Morgan fingerprint density at radius 2 is 1.74 bits per heavy atom. The summed E-state index contributed by atoms with van der Waals surface area (Å²) in [6.07, 6.45) is 6.45. The minimum absolute atomic E-state index is 0.143. The highest BCUT2D eigenvalue weighted by atomic mass is 16.3. The van der Waals surface area contributed by atoms with Gasteiger partial charge in [-0.2, -0.15) is 0 Å². The Balaban J connectivity index is 1.73. The Labute approximate surface area is 140 Å². The summed E-state index contributed by atoms with van der Waals surface area (Å²) in [6.45, 7) is 9.07. The summed E-state index contributed by atoms with van der Waals surface area (Å²) < 4.78 is 0. The summed E-state index contributed by atoms with van der Waals surface area (Å²) >= 11 is 0. The molecule has 3 nitrogen and oxygen atoms in total. The first kappa shape index (κ1) is 16.1. The summed E-state index contributed by atoms with van der Waals surface area (Å²) in [5, 5.41) is 22.0. The quantitative estimate of drug-likeness (QED) is 0.602. The van der Waals surface area contributed by atoms with Gasteiger partial charge in [-0.1, -0.05) is 26.0 Å². The van der Waals surface area contributed by atoms with Crippen molar-refractivity contribution in [3.8, 4) is 0 Å². The van der Waals surface area contributed by atoms with E-state index in [2.05, 4.69) is 20.4 Å². The van der Waals surface area contributed by atoms with Crippen LogP contribution in [0.3, 0.4) is 0 Å². The Hall–Kier alpha value is -0.380. The van der Waals surface area contributed by atoms with E-state index in [0.29, 0.717) is 11.8 Å². The predicted octanol–water partition coefficient (Wildman–Crippen LogP) is 2.85. The van der Waals surface area contributed by atoms with Crippen molar-refractivity contribution in [1.29, 1.82) is 0 Å². The molecule has 0 aromatic heterocycles. The van der Waals surface area contributed by atoms with Gasteiger partial charge in [-0.15, -0.1) is 0 Å². The number of hydrogen-bond acceptors (Lipinski definition) is 3. The zero-order valence-electron chi connectivity index (χ0n) is 14.7. The molecule has 23 heavy (non-hydrogen) atoms. The average molecular weight is 319 g/mol. The average Bonchev–Trinajstić information content (AvgIpc) is 2.82. The maximum atomic E-state index is 11.0. The summed E-state index contributed by atoms with van der Waals surface area (Å²) in [5.41, 5.74) is 7.89. The minimum atomic E-state index is -0.608. The largest absolute Gasteiger partial charge is 0.390 e. The normalized spacial score (nSPS) is 59.2. The molecule has 3 heteroatoms. The van der Waals surface area contributed by atoms with E-state index in [9.17, 15) is 10.2 Å². The van der Waals surface area contributed by atoms with Crippen LogP contribution < -0.4 is 5.73 Å². The molecule has 0 aromatic rings. The Morgan fingerprint density at radius 1 is 1.00 bits per heavy atom. The van der Waals surface area contributed by atoms with Crippen molar-refractivity contribution in [1.82, 2.24) is 0 Å². The third kappa shape index (κ3) is 1.99. The molecule has 0 aromatic carbocycles. The monoisotopic (exact) mass is 319 g/mol. The third-order valence-corrected chi connectivity index (χ3v) is 8.75. The van der Waals surface area contributed by atoms with E-state index in [0.717, 1.165) is 32.1 Å². The lowest BCUT2D eigenvalue weighted by Gasteiger charge is -2.63. The highest BCUT2D eigenvalue weighted by molar-refractivity contribution is 5.23. The van der Waals surface area contributed by atoms with Crippen molar-refractivity contribution >= 4 is 0 Å². The molecular weight excluding hydrogens is 286 g/mol. The molecule has 9 unspecified atom stereocenters. The van der Waals surface area contributed by atoms with Crippen LogP contribution in [0.5, 0.6) is 0 Å². The molecule has 4 fully saturated rings. The van der Waals surface area contributed by atoms with Crippen LogP contribution in [0.1, 0.15) is 58.8 Å². The molecule has 0 heterocycles. The summed E-state index contributed by atoms with van der Waals surface area (Å²) in [7, 11) is 0. The second-order valence-corrected chi connectivity index (χ2v) is 9.52. The zero-order chi connectivity index (χ0) is 16.6. The third-order valence-electron chi connectivity index (χ3n) is 8.75. The predicted molar refractivity (Wildman–Crippen MR) is 91.6 cm³/mol. The molecule has 4 aliphatic rings. The van der Waals surface area contributed by atoms with E-state index in [4.69, 9.17) is 5.73 Å². The fraction of sp³-hybridized carbons (Fsp3) is 0.900. The van der Waals surface area contributed by atoms with Crippen LogP contribution in [0.2, 0.25) is 0 Å². The first-order valence-electron chi connectivity index (χ1n) is 9.59. The summed E-state index contributed by atoms with van der Waals surface area (Å²) in [6, 6.07) is 0.187. The highest BCUT2D eigenvalue weighted by Gasteiger charge is 2.63. The van der Waals surface area contributed by atoms with Crippen molar-refractivity contribution in [3.63, 3.8) is 0 Å². The number of fused-ring (bicyclic) bond motifs is 5. The van der Waals surface area contributed by atoms with Crippen LogP contribution in [-0.4, -0.2) is 28.5 Å². The van der Waals surface area contributed by atoms with Gasteiger partial charge in [-0.05, 0) is 79.4 Å². The van der Waals surface area contributed by atoms with Crippen LogP contribution in [0.25, 0.3) is 0 Å². The van der Waals surface area contributed by atoms with E-state index >= 15 is 0 Å². The second kappa shape index (κ2) is 5.06. The zero-order valence-corrected chi connectivity index (χ0v) is 14.7. The first-order chi connectivity index (χ1) is 10.8. The number of aliphatic hydroxyl groups is 2. The van der Waals surface area contributed by atoms with Crippen molar-refractivity contribution in [2.24, 2.45) is 40.2 Å². The van der Waals surface area contributed by atoms with Gasteiger partial charge < -0.3 is 15.9 Å². The lowest BCUT2D eigenvalue weighted by molar-refractivity contribution is -0.210. The number of allylic oxidation sites excluding steroid dienone is 1. The maximum Gasteiger partial charge on any atom is 0.0836 e. The first-order valence-corrected chi connectivity index (χ1v) is 9.59. The molecule has 0 radical (unpaired) electrons. The number of nitrogens with two attached hydrogens (primary N) is 1. The van der Waals surface area contributed by atoms with E-state index in [1.165, 1.54) is 18.4 Å². The SMILES string of the molecule is C=C1CCC2C3C(O)C(O)C4CC(N)CCC4(C)C3CCC12C. The molecule has 0 aliphatic heterocycles. The summed E-state index contributed by atoms with van der Waals surface area (Å²) in [5.74, 6) is 1.42. The molecule has 4 rings (SSSR count). The lowest BCUT2D eigenvalue weighted by Crippen LogP contribution is -2.64. The van der Waals surface area contributed by atoms with Gasteiger partial charge in [0.2, 0.25) is 0 Å². The maximum absolute atomic E-state index is 11.0. The summed E-state index contributed by atoms with van der Waals surface area (Å²) in [4.78, 5) is 0. The van der Waals surface area contributed by atoms with Gasteiger partial charge in [0.25, 0.3) is 0 Å². The van der Waals surface area contributed by atoms with Crippen molar-refractivity contribution < 1.29 is 10.2 Å². The van der Waals surface area contributed by atoms with Crippen LogP contribution in [0, 0.1) is 34.5 Å². The molecular formula is C20H33NO2. The number of aliphatic hydroxyl groups excluding tert-OH is 2. The van der Waals surface area contributed by atoms with Crippen LogP contribution >= 0.6 is 0 Å². The van der Waals surface area contributed by atoms with Crippen molar-refractivity contribution in [2.75, 3.05) is 0 Å². The van der Waals surface area contributed by atoms with Crippen molar-refractivity contribution in [2.45, 2.75) is 77.0 Å². The molecule has 0 spiro atoms. The number of hydrogen-bond donors (Lipinski definition) is 3. The molecule has 130 valence electrons. The molecule has 0 bridgehead atoms. The minimum Gasteiger partial charge on any atom is -0.390 e. The van der Waals surface area contributed by atoms with Gasteiger partial charge in [0.1, 0.15) is 0 Å². The van der Waals surface area contributed by atoms with Crippen LogP contribution in [0.15, 0.2) is 12.2 Å². The fourth-order valence-corrected chi connectivity index (χ4v) is 7.20. The molecule has 4 aliphatic carbocycles. The Morgan fingerprint density at radius 3 is 2.48 bits per heavy atom. The topological polar surface area (TPSA) is 66.5 Å². The lowest BCUT2D eigenvalue weighted by atomic mass is 9.43. The molecule has 4 N–H and O–H groups in total. The van der Waals surface area contributed by atoms with Crippen LogP contribution in [0.4, 0.5) is 0 Å². The number of rotatable bonds is 0. The van der Waals surface area contributed by atoms with Crippen LogP contribution in [-0.2, 0) is 0 Å². The van der Waals surface area contributed by atoms with Crippen molar-refractivity contribution in [3.05, 3.63) is 12.2 Å². The standard InChI is InChI=1S/C20H33NO2/c1-11-4-5-13-16-14(7-9-19(11,13)2)20(3)8-6-12(21)10-15(20)17(22)18(16)23/h12-18,22-23H,1,4-10,21H2,2-3H3. The van der Waals surface area contributed by atoms with Gasteiger partial charge in [-0.3, -0.25) is 0 Å². The molecule has 0 amide bonds. The molecule has 9 atom stereocenters. The van der Waals surface area contributed by atoms with E-state index in [1.807, 2.05) is 0 Å². The fourth-order valence-electron chi connectivity index (χ4n) is 7.20. The van der Waals surface area contributed by atoms with E-state index in [-0.39, 0.29) is 28.7 Å². The molecule has 4 saturated carbocycles. The second-order valence-electron chi connectivity index (χ2n) is 9.52. The Bertz CT molecular complexity index is 520. The smallest absolute Gasteiger partial charge is 0.0836 e. The highest BCUT2D eigenvalue weighted by Crippen LogP contribution is 2.66.